The third kappa shape index (κ3) is 23.7. The Bertz CT molecular complexity index is 150. The van der Waals surface area contributed by atoms with E-state index in [1.807, 2.05) is 0 Å². The topological polar surface area (TPSA) is 26.3 Å². The van der Waals surface area contributed by atoms with Gasteiger partial charge in [-0.2, -0.15) is 0 Å². The summed E-state index contributed by atoms with van der Waals surface area (Å²) >= 11 is 11.1. The molecule has 0 aromatic rings. The van der Waals surface area contributed by atoms with Gasteiger partial charge >= 0.3 is 5.97 Å². The van der Waals surface area contributed by atoms with Crippen molar-refractivity contribution in [3.8, 4) is 0 Å². The normalized spacial score (nSPS) is 9.62. The number of rotatable bonds is 7. The van der Waals surface area contributed by atoms with Crippen LogP contribution in [0.1, 0.15) is 59.3 Å². The number of carbonyl (C=O) groups excluding carboxylic acids is 1. The summed E-state index contributed by atoms with van der Waals surface area (Å²) in [6.45, 7) is 5.87. The van der Waals surface area contributed by atoms with Crippen molar-refractivity contribution in [2.24, 2.45) is 0 Å². The highest BCUT2D eigenvalue weighted by Crippen LogP contribution is 2.13. The standard InChI is InChI=1S/C8H16Cl2.C4H8O2/c1-2-3-4-5-6-7-8(9)10;1-3-6-4(2)5/h8H,2-7H2,1H3;3H2,1-2H3. The van der Waals surface area contributed by atoms with E-state index < -0.39 is 0 Å². The van der Waals surface area contributed by atoms with Gasteiger partial charge in [0.05, 0.1) is 6.61 Å². The molecule has 0 aliphatic carbocycles. The van der Waals surface area contributed by atoms with Gasteiger partial charge < -0.3 is 4.74 Å². The first-order chi connectivity index (χ1) is 7.54. The summed E-state index contributed by atoms with van der Waals surface area (Å²) in [7, 11) is 0. The number of unbranched alkanes of at least 4 members (excludes halogenated alkanes) is 4. The number of ether oxygens (including phenoxy) is 1. The second kappa shape index (κ2) is 15.0. The Labute approximate surface area is 110 Å². The number of halogens is 2. The molecule has 0 saturated heterocycles. The molecule has 0 unspecified atom stereocenters. The first kappa shape index (κ1) is 18.4. The SMILES string of the molecule is CCCCCCCC(Cl)Cl.CCOC(C)=O. The molecule has 0 fully saturated rings. The van der Waals surface area contributed by atoms with Crippen molar-refractivity contribution < 1.29 is 9.53 Å². The number of hydrogen-bond donors (Lipinski definition) is 0. The van der Waals surface area contributed by atoms with Crippen molar-refractivity contribution in [2.45, 2.75) is 64.1 Å². The number of carbonyl (C=O) groups is 1. The maximum Gasteiger partial charge on any atom is 0.302 e. The molecule has 0 radical (unpaired) electrons. The van der Waals surface area contributed by atoms with Crippen LogP contribution in [0.5, 0.6) is 0 Å². The van der Waals surface area contributed by atoms with Gasteiger partial charge in [0.25, 0.3) is 0 Å². The van der Waals surface area contributed by atoms with Gasteiger partial charge in [-0.05, 0) is 13.3 Å². The minimum absolute atomic E-state index is 0.151. The highest BCUT2D eigenvalue weighted by molar-refractivity contribution is 6.44. The van der Waals surface area contributed by atoms with E-state index in [0.717, 1.165) is 6.42 Å². The van der Waals surface area contributed by atoms with Gasteiger partial charge in [0.2, 0.25) is 0 Å². The Hall–Kier alpha value is 0.0500. The zero-order chi connectivity index (χ0) is 12.8. The predicted molar refractivity (Wildman–Crippen MR) is 71.2 cm³/mol. The fourth-order valence-electron chi connectivity index (χ4n) is 1.11. The number of esters is 1. The first-order valence-electron chi connectivity index (χ1n) is 5.96. The molecule has 0 aliphatic heterocycles. The van der Waals surface area contributed by atoms with Crippen molar-refractivity contribution >= 4 is 29.2 Å². The minimum Gasteiger partial charge on any atom is -0.466 e. The molecule has 0 saturated carbocycles. The lowest BCUT2D eigenvalue weighted by Gasteiger charge is -1.99. The van der Waals surface area contributed by atoms with E-state index in [4.69, 9.17) is 23.2 Å². The van der Waals surface area contributed by atoms with Crippen LogP contribution in [-0.2, 0) is 9.53 Å². The third-order valence-electron chi connectivity index (χ3n) is 1.87. The van der Waals surface area contributed by atoms with E-state index >= 15 is 0 Å². The lowest BCUT2D eigenvalue weighted by atomic mass is 10.1. The molecule has 0 rings (SSSR count). The summed E-state index contributed by atoms with van der Waals surface area (Å²) in [4.78, 5) is 9.67. The largest absolute Gasteiger partial charge is 0.466 e. The van der Waals surface area contributed by atoms with Crippen LogP contribution in [0.2, 0.25) is 0 Å². The van der Waals surface area contributed by atoms with Crippen molar-refractivity contribution in [1.29, 1.82) is 0 Å². The smallest absolute Gasteiger partial charge is 0.302 e. The summed E-state index contributed by atoms with van der Waals surface area (Å²) < 4.78 is 4.40. The van der Waals surface area contributed by atoms with E-state index in [-0.39, 0.29) is 10.8 Å². The summed E-state index contributed by atoms with van der Waals surface area (Å²) in [6.07, 6.45) is 7.38. The predicted octanol–water partition coefficient (Wildman–Crippen LogP) is 4.72. The van der Waals surface area contributed by atoms with Gasteiger partial charge in [-0.25, -0.2) is 0 Å². The lowest BCUT2D eigenvalue weighted by Crippen LogP contribution is -1.95. The molecule has 98 valence electrons. The highest BCUT2D eigenvalue weighted by Gasteiger charge is 1.96. The van der Waals surface area contributed by atoms with Crippen molar-refractivity contribution in [1.82, 2.24) is 0 Å². The fourth-order valence-corrected chi connectivity index (χ4v) is 1.41. The molecule has 0 N–H and O–H groups in total. The summed E-state index contributed by atoms with van der Waals surface area (Å²) in [5.41, 5.74) is 0. The quantitative estimate of drug-likeness (QED) is 0.380. The van der Waals surface area contributed by atoms with E-state index in [1.54, 1.807) is 6.92 Å². The highest BCUT2D eigenvalue weighted by atomic mass is 35.5. The lowest BCUT2D eigenvalue weighted by molar-refractivity contribution is -0.140. The van der Waals surface area contributed by atoms with Gasteiger partial charge in [-0.15, -0.1) is 23.2 Å². The van der Waals surface area contributed by atoms with Gasteiger partial charge in [-0.1, -0.05) is 39.0 Å². The summed E-state index contributed by atoms with van der Waals surface area (Å²) in [5, 5.41) is 0. The zero-order valence-corrected chi connectivity index (χ0v) is 12.1. The molecule has 0 atom stereocenters. The van der Waals surface area contributed by atoms with E-state index in [9.17, 15) is 4.79 Å². The van der Waals surface area contributed by atoms with Crippen LogP contribution >= 0.6 is 23.2 Å². The second-order valence-corrected chi connectivity index (χ2v) is 4.80. The second-order valence-electron chi connectivity index (χ2n) is 3.52. The molecule has 0 aromatic carbocycles. The molecule has 0 amide bonds. The van der Waals surface area contributed by atoms with Crippen LogP contribution in [0.3, 0.4) is 0 Å². The Kier molecular flexibility index (Phi) is 17.3. The minimum atomic E-state index is -0.211. The molecule has 0 aromatic heterocycles. The average Bonchev–Trinajstić information content (AvgIpc) is 2.17. The molecule has 0 bridgehead atoms. The Morgan fingerprint density at radius 3 is 2.00 bits per heavy atom. The average molecular weight is 271 g/mol. The third-order valence-corrected chi connectivity index (χ3v) is 2.31. The van der Waals surface area contributed by atoms with Gasteiger partial charge in [0, 0.05) is 6.92 Å². The molecule has 2 nitrogen and oxygen atoms in total. The molecular weight excluding hydrogens is 247 g/mol. The van der Waals surface area contributed by atoms with Gasteiger partial charge in [-0.3, -0.25) is 4.79 Å². The molecule has 16 heavy (non-hydrogen) atoms. The van der Waals surface area contributed by atoms with E-state index in [1.165, 1.54) is 39.0 Å². The Morgan fingerprint density at radius 1 is 1.12 bits per heavy atom. The summed E-state index contributed by atoms with van der Waals surface area (Å²) in [5.74, 6) is -0.211. The van der Waals surface area contributed by atoms with Crippen LogP contribution in [0.25, 0.3) is 0 Å². The summed E-state index contributed by atoms with van der Waals surface area (Å²) in [6, 6.07) is 0. The van der Waals surface area contributed by atoms with Crippen LogP contribution in [0, 0.1) is 0 Å². The number of alkyl halides is 2. The van der Waals surface area contributed by atoms with Crippen LogP contribution < -0.4 is 0 Å². The molecule has 0 heterocycles. The molecule has 0 spiro atoms. The van der Waals surface area contributed by atoms with Gasteiger partial charge in [0.15, 0.2) is 0 Å². The van der Waals surface area contributed by atoms with Crippen LogP contribution in [-0.4, -0.2) is 17.4 Å². The van der Waals surface area contributed by atoms with Crippen LogP contribution in [0.15, 0.2) is 0 Å². The van der Waals surface area contributed by atoms with E-state index in [2.05, 4.69) is 11.7 Å². The van der Waals surface area contributed by atoms with Crippen LogP contribution in [0.4, 0.5) is 0 Å². The maximum absolute atomic E-state index is 9.82. The molecule has 4 heteroatoms. The fraction of sp³-hybridized carbons (Fsp3) is 0.917. The van der Waals surface area contributed by atoms with Crippen molar-refractivity contribution in [3.05, 3.63) is 0 Å². The molecule has 0 aliphatic rings. The Morgan fingerprint density at radius 2 is 1.69 bits per heavy atom. The van der Waals surface area contributed by atoms with Crippen molar-refractivity contribution in [2.75, 3.05) is 6.61 Å². The molecular formula is C12H24Cl2O2. The van der Waals surface area contributed by atoms with Crippen molar-refractivity contribution in [3.63, 3.8) is 0 Å². The van der Waals surface area contributed by atoms with Gasteiger partial charge in [0.1, 0.15) is 4.84 Å². The monoisotopic (exact) mass is 270 g/mol. The first-order valence-corrected chi connectivity index (χ1v) is 6.83. The van der Waals surface area contributed by atoms with E-state index in [0.29, 0.717) is 6.61 Å². The zero-order valence-electron chi connectivity index (χ0n) is 10.6. The maximum atomic E-state index is 9.82. The Balaban J connectivity index is 0. The number of hydrogen-bond acceptors (Lipinski definition) is 2.